The molecule has 0 radical (unpaired) electrons. The van der Waals surface area contributed by atoms with Crippen molar-refractivity contribution >= 4 is 0 Å². The molecule has 12 heavy (non-hydrogen) atoms. The molecule has 0 aromatic carbocycles. The second-order valence-corrected chi connectivity index (χ2v) is 3.81. The van der Waals surface area contributed by atoms with Crippen LogP contribution in [0.25, 0.3) is 0 Å². The Bertz CT molecular complexity index is 119. The lowest BCUT2D eigenvalue weighted by Crippen LogP contribution is -2.26. The van der Waals surface area contributed by atoms with Crippen molar-refractivity contribution < 1.29 is 9.13 Å². The Morgan fingerprint density at radius 3 is 2.50 bits per heavy atom. The molecule has 0 spiro atoms. The number of hydrogen-bond donors (Lipinski definition) is 0. The fourth-order valence-electron chi connectivity index (χ4n) is 1.97. The molecule has 0 aromatic heterocycles. The van der Waals surface area contributed by atoms with Gasteiger partial charge in [-0.3, -0.25) is 0 Å². The van der Waals surface area contributed by atoms with Gasteiger partial charge in [0.1, 0.15) is 5.67 Å². The summed E-state index contributed by atoms with van der Waals surface area (Å²) in [4.78, 5) is 0. The van der Waals surface area contributed by atoms with E-state index in [2.05, 4.69) is 0 Å². The standard InChI is InChI=1S/C10H19FO/c1-12-9-5-8-10(11)6-3-2-4-7-10/h2-9H2,1H3. The molecule has 0 atom stereocenters. The normalized spacial score (nSPS) is 22.5. The molecule has 1 aliphatic carbocycles. The van der Waals surface area contributed by atoms with Crippen LogP contribution in [-0.2, 0) is 4.74 Å². The molecule has 1 saturated carbocycles. The Labute approximate surface area is 74.3 Å². The minimum Gasteiger partial charge on any atom is -0.385 e. The number of methoxy groups -OCH3 is 1. The number of hydrogen-bond acceptors (Lipinski definition) is 1. The largest absolute Gasteiger partial charge is 0.385 e. The minimum absolute atomic E-state index is 0.695. The molecule has 1 nitrogen and oxygen atoms in total. The summed E-state index contributed by atoms with van der Waals surface area (Å²) in [5.74, 6) is 0. The lowest BCUT2D eigenvalue weighted by atomic mass is 9.83. The molecule has 1 fully saturated rings. The lowest BCUT2D eigenvalue weighted by Gasteiger charge is -2.29. The molecule has 2 heteroatoms. The molecule has 0 N–H and O–H groups in total. The van der Waals surface area contributed by atoms with Crippen molar-refractivity contribution in [3.05, 3.63) is 0 Å². The molecular formula is C10H19FO. The van der Waals surface area contributed by atoms with E-state index in [-0.39, 0.29) is 0 Å². The van der Waals surface area contributed by atoms with Crippen LogP contribution in [0.3, 0.4) is 0 Å². The highest BCUT2D eigenvalue weighted by Gasteiger charge is 2.30. The van der Waals surface area contributed by atoms with Gasteiger partial charge in [-0.15, -0.1) is 0 Å². The third-order valence-corrected chi connectivity index (χ3v) is 2.72. The van der Waals surface area contributed by atoms with Crippen LogP contribution in [0.15, 0.2) is 0 Å². The second-order valence-electron chi connectivity index (χ2n) is 3.81. The van der Waals surface area contributed by atoms with Crippen molar-refractivity contribution in [2.75, 3.05) is 13.7 Å². The first-order chi connectivity index (χ1) is 5.77. The van der Waals surface area contributed by atoms with Crippen LogP contribution >= 0.6 is 0 Å². The number of alkyl halides is 1. The fraction of sp³-hybridized carbons (Fsp3) is 1.00. The molecule has 0 saturated heterocycles. The summed E-state index contributed by atoms with van der Waals surface area (Å²) in [5.41, 5.74) is -0.850. The quantitative estimate of drug-likeness (QED) is 0.595. The van der Waals surface area contributed by atoms with Crippen LogP contribution in [-0.4, -0.2) is 19.4 Å². The molecular weight excluding hydrogens is 155 g/mol. The molecule has 0 bridgehead atoms. The van der Waals surface area contributed by atoms with Gasteiger partial charge in [-0.2, -0.15) is 0 Å². The van der Waals surface area contributed by atoms with Gasteiger partial charge in [0.15, 0.2) is 0 Å². The van der Waals surface area contributed by atoms with Gasteiger partial charge in [-0.25, -0.2) is 4.39 Å². The minimum atomic E-state index is -0.850. The molecule has 72 valence electrons. The van der Waals surface area contributed by atoms with Crippen molar-refractivity contribution in [2.45, 2.75) is 50.6 Å². The highest BCUT2D eigenvalue weighted by atomic mass is 19.1. The summed E-state index contributed by atoms with van der Waals surface area (Å²) in [6.07, 6.45) is 6.48. The van der Waals surface area contributed by atoms with Gasteiger partial charge in [-0.1, -0.05) is 19.3 Å². The maximum Gasteiger partial charge on any atom is 0.111 e. The van der Waals surface area contributed by atoms with E-state index in [0.717, 1.165) is 32.1 Å². The zero-order valence-corrected chi connectivity index (χ0v) is 7.94. The van der Waals surface area contributed by atoms with Gasteiger partial charge in [-0.05, 0) is 25.7 Å². The van der Waals surface area contributed by atoms with Crippen molar-refractivity contribution in [3.8, 4) is 0 Å². The zero-order chi connectivity index (χ0) is 8.86. The predicted molar refractivity (Wildman–Crippen MR) is 48.0 cm³/mol. The Kier molecular flexibility index (Phi) is 3.99. The highest BCUT2D eigenvalue weighted by molar-refractivity contribution is 4.82. The van der Waals surface area contributed by atoms with Crippen LogP contribution in [0, 0.1) is 0 Å². The van der Waals surface area contributed by atoms with E-state index in [4.69, 9.17) is 4.74 Å². The van der Waals surface area contributed by atoms with Crippen molar-refractivity contribution in [1.29, 1.82) is 0 Å². The van der Waals surface area contributed by atoms with Crippen LogP contribution < -0.4 is 0 Å². The SMILES string of the molecule is COCCCC1(F)CCCCC1. The Hall–Kier alpha value is -0.110. The summed E-state index contributed by atoms with van der Waals surface area (Å²) in [7, 11) is 1.67. The number of halogens is 1. The van der Waals surface area contributed by atoms with Gasteiger partial charge < -0.3 is 4.74 Å². The summed E-state index contributed by atoms with van der Waals surface area (Å²) in [5, 5.41) is 0. The monoisotopic (exact) mass is 174 g/mol. The van der Waals surface area contributed by atoms with Gasteiger partial charge in [0.25, 0.3) is 0 Å². The third-order valence-electron chi connectivity index (χ3n) is 2.72. The van der Waals surface area contributed by atoms with E-state index in [1.165, 1.54) is 6.42 Å². The van der Waals surface area contributed by atoms with Crippen LogP contribution in [0.2, 0.25) is 0 Å². The van der Waals surface area contributed by atoms with Crippen molar-refractivity contribution in [1.82, 2.24) is 0 Å². The molecule has 0 heterocycles. The van der Waals surface area contributed by atoms with E-state index < -0.39 is 5.67 Å². The number of rotatable bonds is 4. The zero-order valence-electron chi connectivity index (χ0n) is 7.94. The van der Waals surface area contributed by atoms with Gasteiger partial charge in [0.2, 0.25) is 0 Å². The van der Waals surface area contributed by atoms with Gasteiger partial charge >= 0.3 is 0 Å². The Balaban J connectivity index is 2.17. The van der Waals surface area contributed by atoms with E-state index in [9.17, 15) is 4.39 Å². The summed E-state index contributed by atoms with van der Waals surface area (Å²) >= 11 is 0. The molecule has 1 aliphatic rings. The number of ether oxygens (including phenoxy) is 1. The van der Waals surface area contributed by atoms with Crippen LogP contribution in [0.1, 0.15) is 44.9 Å². The van der Waals surface area contributed by atoms with E-state index in [1.54, 1.807) is 7.11 Å². The van der Waals surface area contributed by atoms with E-state index >= 15 is 0 Å². The third kappa shape index (κ3) is 3.10. The molecule has 0 unspecified atom stereocenters. The first-order valence-corrected chi connectivity index (χ1v) is 4.95. The average molecular weight is 174 g/mol. The summed E-state index contributed by atoms with van der Waals surface area (Å²) < 4.78 is 18.8. The Morgan fingerprint density at radius 1 is 1.25 bits per heavy atom. The summed E-state index contributed by atoms with van der Waals surface area (Å²) in [6.45, 7) is 0.700. The maximum atomic E-state index is 13.8. The molecule has 0 aromatic rings. The van der Waals surface area contributed by atoms with E-state index in [0.29, 0.717) is 13.0 Å². The van der Waals surface area contributed by atoms with Crippen LogP contribution in [0.5, 0.6) is 0 Å². The average Bonchev–Trinajstić information content (AvgIpc) is 2.06. The second kappa shape index (κ2) is 4.80. The molecule has 0 aliphatic heterocycles. The first kappa shape index (κ1) is 9.97. The molecule has 0 amide bonds. The lowest BCUT2D eigenvalue weighted by molar-refractivity contribution is 0.0803. The fourth-order valence-corrected chi connectivity index (χ4v) is 1.97. The predicted octanol–water partition coefficient (Wildman–Crippen LogP) is 3.09. The van der Waals surface area contributed by atoms with Gasteiger partial charge in [0.05, 0.1) is 0 Å². The maximum absolute atomic E-state index is 13.8. The Morgan fingerprint density at radius 2 is 1.92 bits per heavy atom. The van der Waals surface area contributed by atoms with E-state index in [1.807, 2.05) is 0 Å². The summed E-state index contributed by atoms with van der Waals surface area (Å²) in [6, 6.07) is 0. The highest BCUT2D eigenvalue weighted by Crippen LogP contribution is 2.35. The smallest absolute Gasteiger partial charge is 0.111 e. The van der Waals surface area contributed by atoms with Crippen LogP contribution in [0.4, 0.5) is 4.39 Å². The topological polar surface area (TPSA) is 9.23 Å². The van der Waals surface area contributed by atoms with Gasteiger partial charge in [0, 0.05) is 13.7 Å². The van der Waals surface area contributed by atoms with Crippen molar-refractivity contribution in [3.63, 3.8) is 0 Å². The first-order valence-electron chi connectivity index (χ1n) is 4.95. The van der Waals surface area contributed by atoms with Crippen molar-refractivity contribution in [2.24, 2.45) is 0 Å². The molecule has 1 rings (SSSR count).